The Hall–Kier alpha value is -3.98. The van der Waals surface area contributed by atoms with E-state index in [1.165, 1.54) is 17.8 Å². The molecule has 1 N–H and O–H groups in total. The zero-order valence-corrected chi connectivity index (χ0v) is 20.5. The Labute approximate surface area is 209 Å². The van der Waals surface area contributed by atoms with Gasteiger partial charge in [-0.25, -0.2) is 14.2 Å². The molecule has 3 aromatic rings. The van der Waals surface area contributed by atoms with Gasteiger partial charge in [0.15, 0.2) is 0 Å². The highest BCUT2D eigenvalue weighted by Crippen LogP contribution is 2.27. The summed E-state index contributed by atoms with van der Waals surface area (Å²) in [5, 5.41) is 15.4. The van der Waals surface area contributed by atoms with E-state index >= 15 is 4.39 Å². The van der Waals surface area contributed by atoms with Gasteiger partial charge in [0.25, 0.3) is 0 Å². The van der Waals surface area contributed by atoms with Gasteiger partial charge in [0.05, 0.1) is 16.9 Å². The first-order valence-electron chi connectivity index (χ1n) is 11.9. The van der Waals surface area contributed by atoms with Gasteiger partial charge in [0.2, 0.25) is 5.43 Å². The molecule has 8 nitrogen and oxygen atoms in total. The van der Waals surface area contributed by atoms with Crippen LogP contribution in [0.25, 0.3) is 10.9 Å². The van der Waals surface area contributed by atoms with Crippen molar-refractivity contribution in [3.63, 3.8) is 0 Å². The zero-order valence-electron chi connectivity index (χ0n) is 20.5. The van der Waals surface area contributed by atoms with Crippen molar-refractivity contribution in [2.24, 2.45) is 5.10 Å². The van der Waals surface area contributed by atoms with E-state index in [-0.39, 0.29) is 10.9 Å². The van der Waals surface area contributed by atoms with Gasteiger partial charge in [-0.3, -0.25) is 9.69 Å². The van der Waals surface area contributed by atoms with Gasteiger partial charge >= 0.3 is 5.97 Å². The fourth-order valence-electron chi connectivity index (χ4n) is 4.56. The minimum atomic E-state index is -1.31. The molecule has 0 saturated carbocycles. The number of aryl methyl sites for hydroxylation is 1. The van der Waals surface area contributed by atoms with Gasteiger partial charge in [-0.05, 0) is 43.7 Å². The molecule has 1 aromatic heterocycles. The monoisotopic (exact) mass is 491 g/mol. The Morgan fingerprint density at radius 1 is 1.19 bits per heavy atom. The maximum atomic E-state index is 15.1. The fourth-order valence-corrected chi connectivity index (χ4v) is 4.56. The van der Waals surface area contributed by atoms with E-state index in [1.54, 1.807) is 28.1 Å². The summed E-state index contributed by atoms with van der Waals surface area (Å²) >= 11 is 0. The van der Waals surface area contributed by atoms with E-state index in [1.807, 2.05) is 30.9 Å². The SMILES string of the molecule is C=CN(/N=C\C)c1ccc(CN2CCN(c3cc4c(cc3F)c(=O)c(C(=O)O)cn4CC)CC2)cc1. The van der Waals surface area contributed by atoms with Crippen LogP contribution in [0.2, 0.25) is 0 Å². The van der Waals surface area contributed by atoms with Gasteiger partial charge in [0, 0.05) is 63.3 Å². The second-order valence-corrected chi connectivity index (χ2v) is 8.61. The second-order valence-electron chi connectivity index (χ2n) is 8.61. The van der Waals surface area contributed by atoms with Gasteiger partial charge < -0.3 is 14.6 Å². The molecular formula is C27H30FN5O3. The maximum absolute atomic E-state index is 15.1. The quantitative estimate of drug-likeness (QED) is 0.377. The van der Waals surface area contributed by atoms with Crippen molar-refractivity contribution in [3.8, 4) is 0 Å². The molecule has 0 bridgehead atoms. The molecule has 4 rings (SSSR count). The average Bonchev–Trinajstić information content (AvgIpc) is 2.88. The first-order chi connectivity index (χ1) is 17.4. The van der Waals surface area contributed by atoms with Gasteiger partial charge in [0.1, 0.15) is 11.4 Å². The third-order valence-electron chi connectivity index (χ3n) is 6.45. The number of piperazine rings is 1. The highest BCUT2D eigenvalue weighted by atomic mass is 19.1. The summed E-state index contributed by atoms with van der Waals surface area (Å²) in [7, 11) is 0. The number of nitrogens with zero attached hydrogens (tertiary/aromatic N) is 5. The van der Waals surface area contributed by atoms with Gasteiger partial charge in [-0.2, -0.15) is 5.10 Å². The summed E-state index contributed by atoms with van der Waals surface area (Å²) in [5.41, 5.74) is 2.05. The van der Waals surface area contributed by atoms with Crippen molar-refractivity contribution in [1.82, 2.24) is 9.47 Å². The largest absolute Gasteiger partial charge is 0.477 e. The molecule has 188 valence electrons. The number of benzene rings is 2. The molecule has 0 unspecified atom stereocenters. The van der Waals surface area contributed by atoms with Crippen molar-refractivity contribution in [1.29, 1.82) is 0 Å². The number of aromatic nitrogens is 1. The lowest BCUT2D eigenvalue weighted by Crippen LogP contribution is -2.46. The van der Waals surface area contributed by atoms with Crippen molar-refractivity contribution < 1.29 is 14.3 Å². The molecule has 0 amide bonds. The highest BCUT2D eigenvalue weighted by Gasteiger charge is 2.22. The zero-order chi connectivity index (χ0) is 25.8. The number of rotatable bonds is 8. The van der Waals surface area contributed by atoms with E-state index in [0.717, 1.165) is 25.3 Å². The molecule has 0 spiro atoms. The summed E-state index contributed by atoms with van der Waals surface area (Å²) in [6.07, 6.45) is 4.70. The molecule has 2 aromatic carbocycles. The average molecular weight is 492 g/mol. The summed E-state index contributed by atoms with van der Waals surface area (Å²) in [6, 6.07) is 11.0. The van der Waals surface area contributed by atoms with Crippen LogP contribution in [-0.2, 0) is 13.1 Å². The number of carboxylic acid groups (broad SMARTS) is 1. The Balaban J connectivity index is 1.48. The van der Waals surface area contributed by atoms with E-state index in [9.17, 15) is 14.7 Å². The van der Waals surface area contributed by atoms with Crippen LogP contribution in [-0.4, -0.2) is 52.9 Å². The smallest absolute Gasteiger partial charge is 0.341 e. The third-order valence-corrected chi connectivity index (χ3v) is 6.45. The number of hydrazone groups is 1. The molecule has 1 saturated heterocycles. The lowest BCUT2D eigenvalue weighted by atomic mass is 10.1. The van der Waals surface area contributed by atoms with Crippen LogP contribution in [0.15, 0.2) is 65.3 Å². The van der Waals surface area contributed by atoms with Crippen molar-refractivity contribution >= 4 is 34.5 Å². The molecule has 1 aliphatic rings. The molecule has 0 atom stereocenters. The molecule has 36 heavy (non-hydrogen) atoms. The van der Waals surface area contributed by atoms with Crippen molar-refractivity contribution in [3.05, 3.63) is 82.5 Å². The van der Waals surface area contributed by atoms with Gasteiger partial charge in [-0.15, -0.1) is 0 Å². The van der Waals surface area contributed by atoms with Crippen LogP contribution in [0.3, 0.4) is 0 Å². The normalized spacial score (nSPS) is 14.5. The minimum absolute atomic E-state index is 0.0831. The van der Waals surface area contributed by atoms with Gasteiger partial charge in [-0.1, -0.05) is 18.7 Å². The first-order valence-corrected chi connectivity index (χ1v) is 11.9. The number of hydrogen-bond acceptors (Lipinski definition) is 6. The Morgan fingerprint density at radius 3 is 2.47 bits per heavy atom. The standard InChI is InChI=1S/C27H30FN5O3/c1-4-29-33(6-3)20-9-7-19(8-10-20)17-30-11-13-32(14-12-30)25-16-24-21(15-23(25)28)26(34)22(27(35)36)18-31(24)5-2/h4,6-10,15-16,18H,3,5,11-14,17H2,1-2H3,(H,35,36)/b29-4-. The van der Waals surface area contributed by atoms with E-state index < -0.39 is 17.2 Å². The van der Waals surface area contributed by atoms with Crippen LogP contribution >= 0.6 is 0 Å². The molecule has 2 heterocycles. The maximum Gasteiger partial charge on any atom is 0.341 e. The third kappa shape index (κ3) is 5.01. The Bertz CT molecular complexity index is 1360. The van der Waals surface area contributed by atoms with Crippen molar-refractivity contribution in [2.45, 2.75) is 26.9 Å². The predicted molar refractivity (Wildman–Crippen MR) is 142 cm³/mol. The lowest BCUT2D eigenvalue weighted by molar-refractivity contribution is 0.0695. The summed E-state index contributed by atoms with van der Waals surface area (Å²) < 4.78 is 16.8. The van der Waals surface area contributed by atoms with E-state index in [0.29, 0.717) is 30.8 Å². The number of aromatic carboxylic acids is 1. The number of pyridine rings is 1. The highest BCUT2D eigenvalue weighted by molar-refractivity contribution is 5.93. The number of hydrogen-bond donors (Lipinski definition) is 1. The Kier molecular flexibility index (Phi) is 7.49. The number of anilines is 2. The van der Waals surface area contributed by atoms with E-state index in [2.05, 4.69) is 28.7 Å². The number of halogens is 1. The molecular weight excluding hydrogens is 461 g/mol. The van der Waals surface area contributed by atoms with Crippen LogP contribution in [0.1, 0.15) is 29.8 Å². The minimum Gasteiger partial charge on any atom is -0.477 e. The van der Waals surface area contributed by atoms with Crippen LogP contribution in [0.5, 0.6) is 0 Å². The van der Waals surface area contributed by atoms with Crippen molar-refractivity contribution in [2.75, 3.05) is 36.1 Å². The molecule has 1 fully saturated rings. The second kappa shape index (κ2) is 10.7. The molecule has 0 radical (unpaired) electrons. The van der Waals surface area contributed by atoms with Crippen LogP contribution < -0.4 is 15.3 Å². The first kappa shape index (κ1) is 25.1. The number of carboxylic acids is 1. The van der Waals surface area contributed by atoms with Crippen LogP contribution in [0.4, 0.5) is 15.8 Å². The van der Waals surface area contributed by atoms with Crippen LogP contribution in [0, 0.1) is 5.82 Å². The molecule has 9 heteroatoms. The number of carbonyl (C=O) groups is 1. The lowest BCUT2D eigenvalue weighted by Gasteiger charge is -2.36. The molecule has 1 aliphatic heterocycles. The molecule has 0 aliphatic carbocycles. The summed E-state index contributed by atoms with van der Waals surface area (Å²) in [5.74, 6) is -1.83. The predicted octanol–water partition coefficient (Wildman–Crippen LogP) is 4.14. The topological polar surface area (TPSA) is 81.4 Å². The fraction of sp³-hybridized carbons (Fsp3) is 0.296. The summed E-state index contributed by atoms with van der Waals surface area (Å²) in [4.78, 5) is 28.4. The Morgan fingerprint density at radius 2 is 1.89 bits per heavy atom. The van der Waals surface area contributed by atoms with E-state index in [4.69, 9.17) is 0 Å². The summed E-state index contributed by atoms with van der Waals surface area (Å²) in [6.45, 7) is 11.5. The number of fused-ring (bicyclic) bond motifs is 1.